The number of carboxylic acid groups (broad SMARTS) is 1. The van der Waals surface area contributed by atoms with Crippen molar-refractivity contribution in [1.29, 1.82) is 0 Å². The number of hydrogen-bond acceptors (Lipinski definition) is 2. The van der Waals surface area contributed by atoms with Gasteiger partial charge in [-0.25, -0.2) is 4.79 Å². The van der Waals surface area contributed by atoms with E-state index in [9.17, 15) is 4.79 Å². The van der Waals surface area contributed by atoms with Gasteiger partial charge in [-0.05, 0) is 62.1 Å². The Morgan fingerprint density at radius 1 is 1.09 bits per heavy atom. The summed E-state index contributed by atoms with van der Waals surface area (Å²) < 4.78 is 5.32. The van der Waals surface area contributed by atoms with Crippen LogP contribution >= 0.6 is 0 Å². The van der Waals surface area contributed by atoms with Gasteiger partial charge < -0.3 is 9.84 Å². The summed E-state index contributed by atoms with van der Waals surface area (Å²) in [4.78, 5) is 10.5. The number of aryl methyl sites for hydroxylation is 2. The highest BCUT2D eigenvalue weighted by Crippen LogP contribution is 2.23. The van der Waals surface area contributed by atoms with Gasteiger partial charge in [-0.15, -0.1) is 0 Å². The van der Waals surface area contributed by atoms with Crippen LogP contribution in [0.15, 0.2) is 53.7 Å². The maximum absolute atomic E-state index is 10.5. The zero-order valence-corrected chi connectivity index (χ0v) is 14.4. The monoisotopic (exact) mass is 312 g/mol. The molecule has 23 heavy (non-hydrogen) atoms. The predicted octanol–water partition coefficient (Wildman–Crippen LogP) is 4.86. The first-order chi connectivity index (χ1) is 10.8. The summed E-state index contributed by atoms with van der Waals surface area (Å²) in [6.45, 7) is 7.84. The highest BCUT2D eigenvalue weighted by molar-refractivity contribution is 5.81. The van der Waals surface area contributed by atoms with Gasteiger partial charge in [0.1, 0.15) is 5.75 Å². The van der Waals surface area contributed by atoms with Gasteiger partial charge in [0.05, 0.1) is 7.11 Å². The van der Waals surface area contributed by atoms with Gasteiger partial charge in [0.2, 0.25) is 0 Å². The van der Waals surface area contributed by atoms with Crippen LogP contribution in [-0.4, -0.2) is 18.2 Å². The summed E-state index contributed by atoms with van der Waals surface area (Å²) >= 11 is 0. The SMILES string of the molecule is COc1cc(C)c(/C=C/C(C)=C/C=C/C(C)=C/C(=O)O)cc1C. The highest BCUT2D eigenvalue weighted by Gasteiger charge is 2.02. The molecule has 0 spiro atoms. The molecule has 1 rings (SSSR count). The number of carboxylic acids is 1. The van der Waals surface area contributed by atoms with E-state index in [4.69, 9.17) is 9.84 Å². The number of benzene rings is 1. The lowest BCUT2D eigenvalue weighted by atomic mass is 10.0. The second-order valence-electron chi connectivity index (χ2n) is 5.51. The molecule has 0 atom stereocenters. The van der Waals surface area contributed by atoms with E-state index in [0.29, 0.717) is 5.57 Å². The maximum atomic E-state index is 10.5. The lowest BCUT2D eigenvalue weighted by Crippen LogP contribution is -1.90. The van der Waals surface area contributed by atoms with E-state index in [0.717, 1.165) is 28.0 Å². The summed E-state index contributed by atoms with van der Waals surface area (Å²) in [5, 5.41) is 8.64. The Morgan fingerprint density at radius 3 is 2.39 bits per heavy atom. The quantitative estimate of drug-likeness (QED) is 0.603. The minimum atomic E-state index is -0.932. The smallest absolute Gasteiger partial charge is 0.328 e. The van der Waals surface area contributed by atoms with Gasteiger partial charge in [-0.1, -0.05) is 36.0 Å². The van der Waals surface area contributed by atoms with Crippen LogP contribution in [0.2, 0.25) is 0 Å². The van der Waals surface area contributed by atoms with Crippen LogP contribution in [0.4, 0.5) is 0 Å². The fraction of sp³-hybridized carbons (Fsp3) is 0.250. The summed E-state index contributed by atoms with van der Waals surface area (Å²) in [5.74, 6) is -0.0337. The minimum Gasteiger partial charge on any atom is -0.496 e. The average Bonchev–Trinajstić information content (AvgIpc) is 2.46. The third kappa shape index (κ3) is 6.39. The summed E-state index contributed by atoms with van der Waals surface area (Å²) in [7, 11) is 1.68. The number of rotatable bonds is 6. The van der Waals surface area contributed by atoms with Crippen molar-refractivity contribution in [3.63, 3.8) is 0 Å². The van der Waals surface area contributed by atoms with Gasteiger partial charge >= 0.3 is 5.97 Å². The maximum Gasteiger partial charge on any atom is 0.328 e. The Morgan fingerprint density at radius 2 is 1.78 bits per heavy atom. The summed E-state index contributed by atoms with van der Waals surface area (Å²) in [6, 6.07) is 4.14. The van der Waals surface area contributed by atoms with Crippen LogP contribution in [0.3, 0.4) is 0 Å². The number of allylic oxidation sites excluding steroid dienone is 6. The standard InChI is InChI=1S/C20H24O3/c1-14(7-6-8-15(2)11-20(21)22)9-10-18-12-17(4)19(23-5)13-16(18)3/h6-13H,1-5H3,(H,21,22)/b8-6+,10-9+,14-7+,15-11+. The lowest BCUT2D eigenvalue weighted by molar-refractivity contribution is -0.131. The first kappa shape index (κ1) is 18.5. The van der Waals surface area contributed by atoms with Crippen LogP contribution in [0.25, 0.3) is 6.08 Å². The second kappa shape index (κ2) is 8.79. The lowest BCUT2D eigenvalue weighted by Gasteiger charge is -2.08. The van der Waals surface area contributed by atoms with Crippen LogP contribution in [-0.2, 0) is 4.79 Å². The normalized spacial score (nSPS) is 13.1. The first-order valence-corrected chi connectivity index (χ1v) is 7.43. The van der Waals surface area contributed by atoms with E-state index in [1.54, 1.807) is 20.1 Å². The van der Waals surface area contributed by atoms with Crippen molar-refractivity contribution in [2.45, 2.75) is 27.7 Å². The van der Waals surface area contributed by atoms with Crippen LogP contribution < -0.4 is 4.74 Å². The fourth-order valence-electron chi connectivity index (χ4n) is 2.08. The first-order valence-electron chi connectivity index (χ1n) is 7.43. The Kier molecular flexibility index (Phi) is 7.07. The number of ether oxygens (including phenoxy) is 1. The molecule has 0 heterocycles. The van der Waals surface area contributed by atoms with Gasteiger partial charge in [0.25, 0.3) is 0 Å². The third-order valence-electron chi connectivity index (χ3n) is 3.38. The molecule has 0 fully saturated rings. The van der Waals surface area contributed by atoms with Crippen LogP contribution in [0, 0.1) is 13.8 Å². The molecule has 0 aliphatic carbocycles. The third-order valence-corrected chi connectivity index (χ3v) is 3.38. The van der Waals surface area contributed by atoms with Crippen molar-refractivity contribution in [1.82, 2.24) is 0 Å². The molecule has 0 radical (unpaired) electrons. The van der Waals surface area contributed by atoms with Crippen molar-refractivity contribution in [2.75, 3.05) is 7.11 Å². The molecule has 3 heteroatoms. The molecule has 3 nitrogen and oxygen atoms in total. The average molecular weight is 312 g/mol. The van der Waals surface area contributed by atoms with Gasteiger partial charge in [-0.2, -0.15) is 0 Å². The molecule has 1 aromatic rings. The topological polar surface area (TPSA) is 46.5 Å². The summed E-state index contributed by atoms with van der Waals surface area (Å²) in [5.41, 5.74) is 5.20. The fourth-order valence-corrected chi connectivity index (χ4v) is 2.08. The van der Waals surface area contributed by atoms with E-state index >= 15 is 0 Å². The van der Waals surface area contributed by atoms with Gasteiger partial charge in [0, 0.05) is 6.08 Å². The van der Waals surface area contributed by atoms with Gasteiger partial charge in [-0.3, -0.25) is 0 Å². The Bertz CT molecular complexity index is 689. The van der Waals surface area contributed by atoms with Crippen LogP contribution in [0.1, 0.15) is 30.5 Å². The van der Waals surface area contributed by atoms with Crippen molar-refractivity contribution < 1.29 is 14.6 Å². The van der Waals surface area contributed by atoms with Gasteiger partial charge in [0.15, 0.2) is 0 Å². The molecule has 0 aliphatic heterocycles. The van der Waals surface area contributed by atoms with Crippen molar-refractivity contribution in [3.8, 4) is 5.75 Å². The van der Waals surface area contributed by atoms with Crippen molar-refractivity contribution in [2.24, 2.45) is 0 Å². The van der Waals surface area contributed by atoms with Crippen molar-refractivity contribution in [3.05, 3.63) is 70.3 Å². The largest absolute Gasteiger partial charge is 0.496 e. The number of carbonyl (C=O) groups is 1. The number of aliphatic carboxylic acids is 1. The highest BCUT2D eigenvalue weighted by atomic mass is 16.5. The molecular formula is C20H24O3. The molecule has 1 N–H and O–H groups in total. The molecule has 0 saturated carbocycles. The molecule has 0 amide bonds. The van der Waals surface area contributed by atoms with E-state index in [2.05, 4.69) is 19.1 Å². The molecular weight excluding hydrogens is 288 g/mol. The van der Waals surface area contributed by atoms with E-state index < -0.39 is 5.97 Å². The zero-order chi connectivity index (χ0) is 17.4. The molecule has 0 aromatic heterocycles. The van der Waals surface area contributed by atoms with E-state index in [1.165, 1.54) is 6.08 Å². The molecule has 0 saturated heterocycles. The van der Waals surface area contributed by atoms with E-state index in [-0.39, 0.29) is 0 Å². The molecule has 0 bridgehead atoms. The molecule has 1 aromatic carbocycles. The second-order valence-corrected chi connectivity index (χ2v) is 5.51. The Labute approximate surface area is 138 Å². The molecule has 0 unspecified atom stereocenters. The number of methoxy groups -OCH3 is 1. The zero-order valence-electron chi connectivity index (χ0n) is 14.4. The van der Waals surface area contributed by atoms with E-state index in [1.807, 2.05) is 38.1 Å². The minimum absolute atomic E-state index is 0.701. The van der Waals surface area contributed by atoms with Crippen molar-refractivity contribution >= 4 is 12.0 Å². The summed E-state index contributed by atoms with van der Waals surface area (Å²) in [6.07, 6.45) is 10.9. The Hall–Kier alpha value is -2.55. The molecule has 0 aliphatic rings. The van der Waals surface area contributed by atoms with Crippen LogP contribution in [0.5, 0.6) is 5.75 Å². The number of hydrogen-bond donors (Lipinski definition) is 1. The molecule has 122 valence electrons. The Balaban J connectivity index is 2.85. The predicted molar refractivity (Wildman–Crippen MR) is 95.8 cm³/mol.